The molecular weight excluding hydrogens is 334 g/mol. The number of hydrogen-bond donors (Lipinski definition) is 2. The van der Waals surface area contributed by atoms with Crippen molar-refractivity contribution in [2.75, 3.05) is 20.3 Å². The third-order valence-electron chi connectivity index (χ3n) is 3.81. The average Bonchev–Trinajstić information content (AvgIpc) is 2.72. The molecule has 1 aromatic rings. The second-order valence-corrected chi connectivity index (χ2v) is 6.26. The van der Waals surface area contributed by atoms with Gasteiger partial charge in [0, 0.05) is 23.7 Å². The summed E-state index contributed by atoms with van der Waals surface area (Å²) < 4.78 is 4.93. The molecule has 130 valence electrons. The maximum Gasteiger partial charge on any atom is 0.325 e. The fraction of sp³-hybridized carbons (Fsp3) is 0.438. The number of imide groups is 1. The number of rotatable bonds is 6. The van der Waals surface area contributed by atoms with Crippen molar-refractivity contribution >= 4 is 29.4 Å². The molecule has 0 bridgehead atoms. The van der Waals surface area contributed by atoms with E-state index in [2.05, 4.69) is 10.6 Å². The van der Waals surface area contributed by atoms with Crippen LogP contribution in [-0.4, -0.2) is 49.0 Å². The van der Waals surface area contributed by atoms with Gasteiger partial charge in [-0.2, -0.15) is 0 Å². The van der Waals surface area contributed by atoms with E-state index in [1.165, 1.54) is 7.11 Å². The molecule has 2 rings (SSSR count). The van der Waals surface area contributed by atoms with E-state index in [-0.39, 0.29) is 12.6 Å². The average molecular weight is 354 g/mol. The van der Waals surface area contributed by atoms with Crippen molar-refractivity contribution in [1.29, 1.82) is 0 Å². The first-order valence-corrected chi connectivity index (χ1v) is 7.84. The first kappa shape index (κ1) is 18.2. The number of urea groups is 1. The van der Waals surface area contributed by atoms with Crippen LogP contribution >= 0.6 is 11.6 Å². The van der Waals surface area contributed by atoms with E-state index in [9.17, 15) is 14.4 Å². The predicted octanol–water partition coefficient (Wildman–Crippen LogP) is 1.26. The predicted molar refractivity (Wildman–Crippen MR) is 88.5 cm³/mol. The molecule has 0 saturated carbocycles. The molecule has 1 aliphatic rings. The van der Waals surface area contributed by atoms with Crippen LogP contribution in [0.5, 0.6) is 0 Å². The Hall–Kier alpha value is -2.12. The summed E-state index contributed by atoms with van der Waals surface area (Å²) in [6, 6.07) is 5.93. The zero-order chi connectivity index (χ0) is 17.9. The number of carbonyl (C=O) groups excluding carboxylic acids is 3. The Bertz CT molecular complexity index is 666. The van der Waals surface area contributed by atoms with Crippen molar-refractivity contribution in [2.45, 2.75) is 25.4 Å². The summed E-state index contributed by atoms with van der Waals surface area (Å²) in [5, 5.41) is 5.65. The summed E-state index contributed by atoms with van der Waals surface area (Å²) >= 11 is 6.15. The van der Waals surface area contributed by atoms with Gasteiger partial charge in [-0.25, -0.2) is 4.79 Å². The van der Waals surface area contributed by atoms with Crippen LogP contribution in [-0.2, 0) is 19.9 Å². The molecular formula is C16H20ClN3O4. The number of benzene rings is 1. The number of nitrogens with zero attached hydrogens (tertiary/aromatic N) is 1. The van der Waals surface area contributed by atoms with Gasteiger partial charge in [-0.05, 0) is 19.9 Å². The lowest BCUT2D eigenvalue weighted by Crippen LogP contribution is -2.45. The molecule has 7 nitrogen and oxygen atoms in total. The summed E-state index contributed by atoms with van der Waals surface area (Å²) in [5.41, 5.74) is -0.811. The monoisotopic (exact) mass is 353 g/mol. The van der Waals surface area contributed by atoms with Gasteiger partial charge in [-0.3, -0.25) is 14.5 Å². The lowest BCUT2D eigenvalue weighted by Gasteiger charge is -2.23. The smallest absolute Gasteiger partial charge is 0.325 e. The summed E-state index contributed by atoms with van der Waals surface area (Å²) in [7, 11) is 1.52. The van der Waals surface area contributed by atoms with E-state index in [0.29, 0.717) is 17.2 Å². The van der Waals surface area contributed by atoms with Crippen LogP contribution < -0.4 is 10.6 Å². The molecule has 1 aliphatic heterocycles. The van der Waals surface area contributed by atoms with Gasteiger partial charge in [0.05, 0.1) is 6.61 Å². The molecule has 2 atom stereocenters. The minimum atomic E-state index is -1.30. The van der Waals surface area contributed by atoms with Gasteiger partial charge in [-0.15, -0.1) is 0 Å². The number of hydrogen-bond acceptors (Lipinski definition) is 4. The summed E-state index contributed by atoms with van der Waals surface area (Å²) in [6.07, 6.45) is 0. The van der Waals surface area contributed by atoms with Crippen molar-refractivity contribution in [2.24, 2.45) is 0 Å². The molecule has 1 heterocycles. The van der Waals surface area contributed by atoms with E-state index in [1.807, 2.05) is 0 Å². The number of nitrogens with one attached hydrogen (secondary N) is 2. The number of carbonyl (C=O) groups is 3. The van der Waals surface area contributed by atoms with Crippen LogP contribution in [0.15, 0.2) is 24.3 Å². The van der Waals surface area contributed by atoms with Crippen molar-refractivity contribution in [3.8, 4) is 0 Å². The number of ether oxygens (including phenoxy) is 1. The van der Waals surface area contributed by atoms with Crippen LogP contribution in [0.4, 0.5) is 4.79 Å². The van der Waals surface area contributed by atoms with Crippen LogP contribution in [0.25, 0.3) is 0 Å². The summed E-state index contributed by atoms with van der Waals surface area (Å²) in [5.74, 6) is -0.957. The second kappa shape index (κ2) is 7.19. The third-order valence-corrected chi connectivity index (χ3v) is 4.14. The molecule has 0 aromatic heterocycles. The van der Waals surface area contributed by atoms with Gasteiger partial charge in [-0.1, -0.05) is 29.8 Å². The van der Waals surface area contributed by atoms with Crippen LogP contribution in [0.1, 0.15) is 19.4 Å². The van der Waals surface area contributed by atoms with Crippen molar-refractivity contribution in [3.63, 3.8) is 0 Å². The molecule has 8 heteroatoms. The molecule has 0 aliphatic carbocycles. The molecule has 1 aromatic carbocycles. The maximum atomic E-state index is 12.7. The Balaban J connectivity index is 2.14. The number of methoxy groups -OCH3 is 1. The van der Waals surface area contributed by atoms with Gasteiger partial charge < -0.3 is 15.4 Å². The molecule has 2 N–H and O–H groups in total. The van der Waals surface area contributed by atoms with E-state index >= 15 is 0 Å². The Morgan fingerprint density at radius 1 is 1.42 bits per heavy atom. The van der Waals surface area contributed by atoms with Crippen molar-refractivity contribution in [1.82, 2.24) is 15.5 Å². The standard InChI is InChI=1S/C16H20ClN3O4/c1-10(9-24-3)18-13(21)8-20-14(22)16(2,19-15(20)23)11-6-4-5-7-12(11)17/h4-7,10H,8-9H2,1-3H3,(H,18,21)(H,19,23)/t10-,16-/m1/s1. The van der Waals surface area contributed by atoms with Gasteiger partial charge in [0.1, 0.15) is 12.1 Å². The van der Waals surface area contributed by atoms with Crippen molar-refractivity contribution < 1.29 is 19.1 Å². The zero-order valence-corrected chi connectivity index (χ0v) is 14.5. The zero-order valence-electron chi connectivity index (χ0n) is 13.8. The third kappa shape index (κ3) is 3.52. The van der Waals surface area contributed by atoms with E-state index in [4.69, 9.17) is 16.3 Å². The topological polar surface area (TPSA) is 87.7 Å². The van der Waals surface area contributed by atoms with Crippen LogP contribution in [0.3, 0.4) is 0 Å². The van der Waals surface area contributed by atoms with Gasteiger partial charge in [0.15, 0.2) is 0 Å². The lowest BCUT2D eigenvalue weighted by atomic mass is 9.92. The Morgan fingerprint density at radius 3 is 2.71 bits per heavy atom. The minimum Gasteiger partial charge on any atom is -0.383 e. The fourth-order valence-corrected chi connectivity index (χ4v) is 2.97. The maximum absolute atomic E-state index is 12.7. The second-order valence-electron chi connectivity index (χ2n) is 5.85. The van der Waals surface area contributed by atoms with E-state index < -0.39 is 23.4 Å². The molecule has 1 fully saturated rings. The first-order chi connectivity index (χ1) is 11.3. The minimum absolute atomic E-state index is 0.224. The fourth-order valence-electron chi connectivity index (χ4n) is 2.65. The van der Waals surface area contributed by atoms with E-state index in [1.54, 1.807) is 38.1 Å². The summed E-state index contributed by atoms with van der Waals surface area (Å²) in [4.78, 5) is 37.8. The largest absolute Gasteiger partial charge is 0.383 e. The van der Waals surface area contributed by atoms with Gasteiger partial charge in [0.2, 0.25) is 5.91 Å². The van der Waals surface area contributed by atoms with E-state index in [0.717, 1.165) is 4.90 Å². The Kier molecular flexibility index (Phi) is 5.46. The highest BCUT2D eigenvalue weighted by molar-refractivity contribution is 6.32. The highest BCUT2D eigenvalue weighted by Crippen LogP contribution is 2.33. The molecule has 0 unspecified atom stereocenters. The van der Waals surface area contributed by atoms with Crippen LogP contribution in [0.2, 0.25) is 5.02 Å². The number of halogens is 1. The lowest BCUT2D eigenvalue weighted by molar-refractivity contribution is -0.135. The SMILES string of the molecule is COC[C@@H](C)NC(=O)CN1C(=O)N[C@](C)(c2ccccc2Cl)C1=O. The Morgan fingerprint density at radius 2 is 2.08 bits per heavy atom. The van der Waals surface area contributed by atoms with Gasteiger partial charge >= 0.3 is 6.03 Å². The first-order valence-electron chi connectivity index (χ1n) is 7.47. The van der Waals surface area contributed by atoms with Gasteiger partial charge in [0.25, 0.3) is 5.91 Å². The number of amides is 4. The normalized spacial score (nSPS) is 21.6. The highest BCUT2D eigenvalue weighted by atomic mass is 35.5. The highest BCUT2D eigenvalue weighted by Gasteiger charge is 2.50. The van der Waals surface area contributed by atoms with Crippen LogP contribution in [0, 0.1) is 0 Å². The molecule has 0 radical (unpaired) electrons. The molecule has 24 heavy (non-hydrogen) atoms. The summed E-state index contributed by atoms with van der Waals surface area (Å²) in [6.45, 7) is 3.31. The molecule has 0 spiro atoms. The Labute approximate surface area is 145 Å². The molecule has 4 amide bonds. The van der Waals surface area contributed by atoms with Crippen molar-refractivity contribution in [3.05, 3.63) is 34.9 Å². The quantitative estimate of drug-likeness (QED) is 0.754. The molecule has 1 saturated heterocycles.